The van der Waals surface area contributed by atoms with Gasteiger partial charge in [-0.1, -0.05) is 27.5 Å². The van der Waals surface area contributed by atoms with Crippen molar-refractivity contribution in [3.63, 3.8) is 0 Å². The Labute approximate surface area is 136 Å². The SMILES string of the molecule is COc1ccc(N)cc1CNC(=O)c1cc(Br)ccc1Cl. The fraction of sp³-hybridized carbons (Fsp3) is 0.133. The molecule has 110 valence electrons. The Morgan fingerprint density at radius 3 is 2.81 bits per heavy atom. The highest BCUT2D eigenvalue weighted by molar-refractivity contribution is 9.10. The number of carbonyl (C=O) groups excluding carboxylic acids is 1. The van der Waals surface area contributed by atoms with Gasteiger partial charge in [0.05, 0.1) is 17.7 Å². The molecule has 2 rings (SSSR count). The average molecular weight is 370 g/mol. The van der Waals surface area contributed by atoms with Crippen LogP contribution in [0.25, 0.3) is 0 Å². The van der Waals surface area contributed by atoms with Crippen LogP contribution < -0.4 is 15.8 Å². The van der Waals surface area contributed by atoms with Crippen LogP contribution in [0, 0.1) is 0 Å². The second kappa shape index (κ2) is 6.83. The predicted octanol–water partition coefficient (Wildman–Crippen LogP) is 3.62. The van der Waals surface area contributed by atoms with E-state index in [1.54, 1.807) is 43.5 Å². The molecule has 0 aliphatic heterocycles. The van der Waals surface area contributed by atoms with Crippen LogP contribution >= 0.6 is 27.5 Å². The zero-order valence-corrected chi connectivity index (χ0v) is 13.7. The van der Waals surface area contributed by atoms with Crippen LogP contribution in [0.5, 0.6) is 5.75 Å². The molecule has 0 spiro atoms. The van der Waals surface area contributed by atoms with E-state index in [4.69, 9.17) is 22.1 Å². The van der Waals surface area contributed by atoms with Crippen molar-refractivity contribution in [1.29, 1.82) is 0 Å². The number of nitrogens with one attached hydrogen (secondary N) is 1. The molecule has 0 aromatic heterocycles. The van der Waals surface area contributed by atoms with Gasteiger partial charge in [0, 0.05) is 22.3 Å². The van der Waals surface area contributed by atoms with Crippen molar-refractivity contribution < 1.29 is 9.53 Å². The van der Waals surface area contributed by atoms with E-state index >= 15 is 0 Å². The lowest BCUT2D eigenvalue weighted by Gasteiger charge is -2.11. The number of anilines is 1. The minimum absolute atomic E-state index is 0.259. The summed E-state index contributed by atoms with van der Waals surface area (Å²) in [7, 11) is 1.57. The Balaban J connectivity index is 2.14. The average Bonchev–Trinajstić information content (AvgIpc) is 2.47. The van der Waals surface area contributed by atoms with Crippen molar-refractivity contribution in [1.82, 2.24) is 5.32 Å². The molecule has 21 heavy (non-hydrogen) atoms. The Kier molecular flexibility index (Phi) is 5.09. The van der Waals surface area contributed by atoms with Gasteiger partial charge >= 0.3 is 0 Å². The first-order chi connectivity index (χ1) is 10.0. The Hall–Kier alpha value is -1.72. The molecule has 0 aliphatic carbocycles. The molecule has 4 nitrogen and oxygen atoms in total. The van der Waals surface area contributed by atoms with Crippen LogP contribution in [0.2, 0.25) is 5.02 Å². The summed E-state index contributed by atoms with van der Waals surface area (Å²) >= 11 is 9.35. The van der Waals surface area contributed by atoms with Crippen LogP contribution in [-0.2, 0) is 6.54 Å². The van der Waals surface area contributed by atoms with Gasteiger partial charge in [-0.25, -0.2) is 0 Å². The molecular formula is C15H14BrClN2O2. The Morgan fingerprint density at radius 1 is 1.33 bits per heavy atom. The largest absolute Gasteiger partial charge is 0.496 e. The molecule has 0 saturated heterocycles. The minimum Gasteiger partial charge on any atom is -0.496 e. The molecule has 0 atom stereocenters. The van der Waals surface area contributed by atoms with Gasteiger partial charge in [-0.2, -0.15) is 0 Å². The summed E-state index contributed by atoms with van der Waals surface area (Å²) in [6, 6.07) is 10.4. The summed E-state index contributed by atoms with van der Waals surface area (Å²) in [6.07, 6.45) is 0. The topological polar surface area (TPSA) is 64.3 Å². The van der Waals surface area contributed by atoms with Crippen molar-refractivity contribution in [2.75, 3.05) is 12.8 Å². The van der Waals surface area contributed by atoms with Crippen molar-refractivity contribution in [2.24, 2.45) is 0 Å². The Morgan fingerprint density at radius 2 is 2.10 bits per heavy atom. The standard InChI is InChI=1S/C15H14BrClN2O2/c1-21-14-5-3-11(18)6-9(14)8-19-15(20)12-7-10(16)2-4-13(12)17/h2-7H,8,18H2,1H3,(H,19,20). The highest BCUT2D eigenvalue weighted by Crippen LogP contribution is 2.23. The zero-order chi connectivity index (χ0) is 15.4. The van der Waals surface area contributed by atoms with E-state index in [0.29, 0.717) is 28.6 Å². The number of amides is 1. The molecule has 0 heterocycles. The van der Waals surface area contributed by atoms with Gasteiger partial charge in [-0.05, 0) is 36.4 Å². The number of nitrogen functional groups attached to an aromatic ring is 1. The maximum Gasteiger partial charge on any atom is 0.253 e. The normalized spacial score (nSPS) is 10.2. The molecule has 1 amide bonds. The fourth-order valence-electron chi connectivity index (χ4n) is 1.88. The number of carbonyl (C=O) groups is 1. The van der Waals surface area contributed by atoms with E-state index in [-0.39, 0.29) is 5.91 Å². The number of benzene rings is 2. The summed E-state index contributed by atoms with van der Waals surface area (Å²) in [6.45, 7) is 0.301. The molecule has 0 aliphatic rings. The van der Waals surface area contributed by atoms with Gasteiger partial charge in [0.1, 0.15) is 5.75 Å². The third kappa shape index (κ3) is 3.89. The van der Waals surface area contributed by atoms with E-state index in [9.17, 15) is 4.79 Å². The van der Waals surface area contributed by atoms with E-state index < -0.39 is 0 Å². The van der Waals surface area contributed by atoms with Gasteiger partial charge in [0.15, 0.2) is 0 Å². The molecule has 0 fully saturated rings. The first kappa shape index (κ1) is 15.7. The molecule has 0 bridgehead atoms. The van der Waals surface area contributed by atoms with Crippen LogP contribution in [0.3, 0.4) is 0 Å². The van der Waals surface area contributed by atoms with Gasteiger partial charge in [-0.15, -0.1) is 0 Å². The lowest BCUT2D eigenvalue weighted by atomic mass is 10.1. The quantitative estimate of drug-likeness (QED) is 0.809. The molecule has 2 aromatic rings. The minimum atomic E-state index is -0.259. The van der Waals surface area contributed by atoms with Crippen LogP contribution in [0.15, 0.2) is 40.9 Å². The number of ether oxygens (including phenoxy) is 1. The Bertz CT molecular complexity index is 677. The van der Waals surface area contributed by atoms with Crippen molar-refractivity contribution in [2.45, 2.75) is 6.54 Å². The smallest absolute Gasteiger partial charge is 0.253 e. The lowest BCUT2D eigenvalue weighted by molar-refractivity contribution is 0.0951. The van der Waals surface area contributed by atoms with Crippen LogP contribution in [0.4, 0.5) is 5.69 Å². The number of hydrogen-bond donors (Lipinski definition) is 2. The van der Waals surface area contributed by atoms with Crippen molar-refractivity contribution in [3.05, 3.63) is 57.0 Å². The molecule has 0 radical (unpaired) electrons. The second-order valence-corrected chi connectivity index (χ2v) is 5.70. The lowest BCUT2D eigenvalue weighted by Crippen LogP contribution is -2.23. The molecule has 0 saturated carbocycles. The third-order valence-corrected chi connectivity index (χ3v) is 3.74. The highest BCUT2D eigenvalue weighted by atomic mass is 79.9. The first-order valence-electron chi connectivity index (χ1n) is 6.17. The molecular weight excluding hydrogens is 356 g/mol. The molecule has 0 unspecified atom stereocenters. The number of halogens is 2. The van der Waals surface area contributed by atoms with Gasteiger partial charge in [0.2, 0.25) is 0 Å². The highest BCUT2D eigenvalue weighted by Gasteiger charge is 2.12. The summed E-state index contributed by atoms with van der Waals surface area (Å²) in [4.78, 5) is 12.2. The van der Waals surface area contributed by atoms with Crippen molar-refractivity contribution >= 4 is 39.1 Å². The molecule has 3 N–H and O–H groups in total. The van der Waals surface area contributed by atoms with Gasteiger partial charge in [0.25, 0.3) is 5.91 Å². The monoisotopic (exact) mass is 368 g/mol. The van der Waals surface area contributed by atoms with Crippen molar-refractivity contribution in [3.8, 4) is 5.75 Å². The maximum absolute atomic E-state index is 12.2. The maximum atomic E-state index is 12.2. The summed E-state index contributed by atoms with van der Waals surface area (Å²) < 4.78 is 6.03. The van der Waals surface area contributed by atoms with Crippen LogP contribution in [-0.4, -0.2) is 13.0 Å². The fourth-order valence-corrected chi connectivity index (χ4v) is 2.44. The summed E-state index contributed by atoms with van der Waals surface area (Å²) in [5.41, 5.74) is 7.57. The zero-order valence-electron chi connectivity index (χ0n) is 11.3. The van der Waals surface area contributed by atoms with E-state index in [1.807, 2.05) is 0 Å². The third-order valence-electron chi connectivity index (χ3n) is 2.92. The van der Waals surface area contributed by atoms with E-state index in [0.717, 1.165) is 10.0 Å². The van der Waals surface area contributed by atoms with E-state index in [2.05, 4.69) is 21.2 Å². The first-order valence-corrected chi connectivity index (χ1v) is 7.34. The number of hydrogen-bond acceptors (Lipinski definition) is 3. The van der Waals surface area contributed by atoms with Gasteiger partial charge < -0.3 is 15.8 Å². The molecule has 6 heteroatoms. The van der Waals surface area contributed by atoms with Crippen LogP contribution in [0.1, 0.15) is 15.9 Å². The predicted molar refractivity (Wildman–Crippen MR) is 87.7 cm³/mol. The number of methoxy groups -OCH3 is 1. The van der Waals surface area contributed by atoms with Gasteiger partial charge in [-0.3, -0.25) is 4.79 Å². The summed E-state index contributed by atoms with van der Waals surface area (Å²) in [5.74, 6) is 0.413. The number of rotatable bonds is 4. The molecule has 2 aromatic carbocycles. The number of nitrogens with two attached hydrogens (primary N) is 1. The van der Waals surface area contributed by atoms with E-state index in [1.165, 1.54) is 0 Å². The summed E-state index contributed by atoms with van der Waals surface area (Å²) in [5, 5.41) is 3.20. The second-order valence-electron chi connectivity index (χ2n) is 4.38.